The number of carbonyl (C=O) groups is 4. The first kappa shape index (κ1) is 25.2. The van der Waals surface area contributed by atoms with Gasteiger partial charge in [-0.25, -0.2) is 0 Å². The van der Waals surface area contributed by atoms with Gasteiger partial charge in [-0.2, -0.15) is 0 Å². The smallest absolute Gasteiger partial charge is 0.317 e. The SMILES string of the molecule is CC(C)C(=O)CN1CCN(CC(=O)O)CCN(CC=O)CCN(CC(=O)O)CC1. The summed E-state index contributed by atoms with van der Waals surface area (Å²) in [5.74, 6) is -1.84. The van der Waals surface area contributed by atoms with Crippen LogP contribution in [0.15, 0.2) is 0 Å². The second kappa shape index (κ2) is 13.4. The summed E-state index contributed by atoms with van der Waals surface area (Å²) in [5.41, 5.74) is 0. The monoisotopic (exact) mass is 414 g/mol. The average molecular weight is 415 g/mol. The molecule has 0 aliphatic carbocycles. The third-order valence-electron chi connectivity index (χ3n) is 5.00. The Hall–Kier alpha value is -1.88. The minimum absolute atomic E-state index is 0.0986. The Kier molecular flexibility index (Phi) is 11.6. The third kappa shape index (κ3) is 11.0. The van der Waals surface area contributed by atoms with E-state index in [1.54, 1.807) is 0 Å². The minimum Gasteiger partial charge on any atom is -0.480 e. The number of hydrogen-bond acceptors (Lipinski definition) is 8. The van der Waals surface area contributed by atoms with Gasteiger partial charge in [-0.1, -0.05) is 13.8 Å². The van der Waals surface area contributed by atoms with Crippen LogP contribution in [-0.2, 0) is 19.2 Å². The maximum Gasteiger partial charge on any atom is 0.317 e. The van der Waals surface area contributed by atoms with Gasteiger partial charge < -0.3 is 15.0 Å². The molecule has 166 valence electrons. The number of ketones is 1. The molecule has 0 spiro atoms. The Bertz CT molecular complexity index is 525. The van der Waals surface area contributed by atoms with Crippen LogP contribution in [0.3, 0.4) is 0 Å². The first-order valence-corrected chi connectivity index (χ1v) is 10.0. The highest BCUT2D eigenvalue weighted by Gasteiger charge is 2.20. The predicted molar refractivity (Wildman–Crippen MR) is 107 cm³/mol. The van der Waals surface area contributed by atoms with E-state index in [4.69, 9.17) is 0 Å². The Morgan fingerprint density at radius 3 is 1.38 bits per heavy atom. The number of carboxylic acids is 2. The Morgan fingerprint density at radius 2 is 1.07 bits per heavy atom. The van der Waals surface area contributed by atoms with Crippen LogP contribution < -0.4 is 0 Å². The second-order valence-electron chi connectivity index (χ2n) is 7.70. The van der Waals surface area contributed by atoms with Crippen molar-refractivity contribution in [1.29, 1.82) is 0 Å². The van der Waals surface area contributed by atoms with Crippen LogP contribution in [0, 0.1) is 5.92 Å². The van der Waals surface area contributed by atoms with Crippen molar-refractivity contribution in [3.05, 3.63) is 0 Å². The molecular formula is C19H34N4O6. The maximum absolute atomic E-state index is 12.2. The fourth-order valence-corrected chi connectivity index (χ4v) is 3.13. The van der Waals surface area contributed by atoms with E-state index < -0.39 is 11.9 Å². The number of hydrogen-bond donors (Lipinski definition) is 2. The van der Waals surface area contributed by atoms with Gasteiger partial charge >= 0.3 is 11.9 Å². The molecule has 0 atom stereocenters. The summed E-state index contributed by atoms with van der Waals surface area (Å²) < 4.78 is 0. The second-order valence-corrected chi connectivity index (χ2v) is 7.70. The molecule has 10 nitrogen and oxygen atoms in total. The molecule has 2 N–H and O–H groups in total. The molecule has 1 fully saturated rings. The molecule has 1 aliphatic rings. The maximum atomic E-state index is 12.2. The molecular weight excluding hydrogens is 380 g/mol. The Balaban J connectivity index is 2.91. The molecule has 0 aromatic rings. The van der Waals surface area contributed by atoms with Crippen molar-refractivity contribution in [1.82, 2.24) is 19.6 Å². The predicted octanol–water partition coefficient (Wildman–Crippen LogP) is -1.20. The van der Waals surface area contributed by atoms with Crippen molar-refractivity contribution in [3.63, 3.8) is 0 Å². The highest BCUT2D eigenvalue weighted by molar-refractivity contribution is 5.82. The lowest BCUT2D eigenvalue weighted by molar-refractivity contribution is -0.139. The number of carboxylic acid groups (broad SMARTS) is 2. The zero-order chi connectivity index (χ0) is 21.8. The van der Waals surface area contributed by atoms with Gasteiger partial charge in [0, 0.05) is 58.3 Å². The summed E-state index contributed by atoms with van der Waals surface area (Å²) in [6.07, 6.45) is 0.800. The molecule has 0 amide bonds. The van der Waals surface area contributed by atoms with Gasteiger partial charge in [0.05, 0.1) is 26.2 Å². The highest BCUT2D eigenvalue weighted by Crippen LogP contribution is 2.03. The number of aldehydes is 1. The normalized spacial score (nSPS) is 19.4. The van der Waals surface area contributed by atoms with Crippen LogP contribution in [0.25, 0.3) is 0 Å². The molecule has 10 heteroatoms. The molecule has 0 aromatic heterocycles. The molecule has 0 radical (unpaired) electrons. The fraction of sp³-hybridized carbons (Fsp3) is 0.789. The van der Waals surface area contributed by atoms with Gasteiger partial charge in [0.15, 0.2) is 0 Å². The average Bonchev–Trinajstić information content (AvgIpc) is 2.62. The molecule has 0 unspecified atom stereocenters. The van der Waals surface area contributed by atoms with Crippen molar-refractivity contribution in [2.45, 2.75) is 13.8 Å². The standard InChI is InChI=1S/C19H34N4O6/c1-16(2)17(25)13-21-7-9-22(14-18(26)27)5-3-20(11-12-24)4-6-23(10-8-21)15-19(28)29/h12,16H,3-11,13-15H2,1-2H3,(H,26,27)(H,28,29). The van der Waals surface area contributed by atoms with Crippen molar-refractivity contribution < 1.29 is 29.4 Å². The van der Waals surface area contributed by atoms with Gasteiger partial charge in [0.2, 0.25) is 0 Å². The summed E-state index contributed by atoms with van der Waals surface area (Å²) in [5, 5.41) is 18.4. The zero-order valence-electron chi connectivity index (χ0n) is 17.5. The molecule has 1 rings (SSSR count). The van der Waals surface area contributed by atoms with E-state index in [1.165, 1.54) is 0 Å². The number of Topliss-reactive ketones (excluding diaryl/α,β-unsaturated/α-hetero) is 1. The van der Waals surface area contributed by atoms with Gasteiger partial charge in [-0.3, -0.25) is 34.0 Å². The summed E-state index contributed by atoms with van der Waals surface area (Å²) in [6, 6.07) is 0. The van der Waals surface area contributed by atoms with Crippen LogP contribution in [0.5, 0.6) is 0 Å². The van der Waals surface area contributed by atoms with Crippen molar-refractivity contribution in [2.24, 2.45) is 5.92 Å². The van der Waals surface area contributed by atoms with E-state index in [1.807, 2.05) is 33.4 Å². The van der Waals surface area contributed by atoms with Gasteiger partial charge in [-0.05, 0) is 0 Å². The fourth-order valence-electron chi connectivity index (χ4n) is 3.13. The van der Waals surface area contributed by atoms with E-state index in [2.05, 4.69) is 0 Å². The van der Waals surface area contributed by atoms with Crippen molar-refractivity contribution in [2.75, 3.05) is 78.5 Å². The molecule has 29 heavy (non-hydrogen) atoms. The number of nitrogens with zero attached hydrogens (tertiary/aromatic N) is 4. The molecule has 1 heterocycles. The lowest BCUT2D eigenvalue weighted by Crippen LogP contribution is -2.48. The van der Waals surface area contributed by atoms with E-state index in [0.717, 1.165) is 6.29 Å². The third-order valence-corrected chi connectivity index (χ3v) is 5.00. The van der Waals surface area contributed by atoms with E-state index in [-0.39, 0.29) is 37.9 Å². The summed E-state index contributed by atoms with van der Waals surface area (Å²) in [7, 11) is 0. The molecule has 0 saturated carbocycles. The van der Waals surface area contributed by atoms with Gasteiger partial charge in [0.25, 0.3) is 0 Å². The van der Waals surface area contributed by atoms with Crippen molar-refractivity contribution >= 4 is 24.0 Å². The van der Waals surface area contributed by atoms with Gasteiger partial charge in [-0.15, -0.1) is 0 Å². The quantitative estimate of drug-likeness (QED) is 0.445. The zero-order valence-corrected chi connectivity index (χ0v) is 17.5. The Labute approximate surface area is 172 Å². The summed E-state index contributed by atoms with van der Waals surface area (Å²) >= 11 is 0. The number of carbonyl (C=O) groups excluding carboxylic acids is 2. The van der Waals surface area contributed by atoms with E-state index >= 15 is 0 Å². The van der Waals surface area contributed by atoms with Crippen LogP contribution in [0.2, 0.25) is 0 Å². The van der Waals surface area contributed by atoms with Crippen molar-refractivity contribution in [3.8, 4) is 0 Å². The first-order valence-electron chi connectivity index (χ1n) is 10.0. The minimum atomic E-state index is -0.920. The molecule has 0 bridgehead atoms. The van der Waals surface area contributed by atoms with Crippen LogP contribution in [-0.4, -0.2) is 132 Å². The molecule has 0 aromatic carbocycles. The van der Waals surface area contributed by atoms with Gasteiger partial charge in [0.1, 0.15) is 12.1 Å². The lowest BCUT2D eigenvalue weighted by Gasteiger charge is -2.33. The van der Waals surface area contributed by atoms with E-state index in [9.17, 15) is 29.4 Å². The number of rotatable bonds is 9. The molecule has 1 saturated heterocycles. The van der Waals surface area contributed by atoms with Crippen LogP contribution in [0.4, 0.5) is 0 Å². The van der Waals surface area contributed by atoms with Crippen LogP contribution >= 0.6 is 0 Å². The number of aliphatic carboxylic acids is 2. The molecule has 1 aliphatic heterocycles. The lowest BCUT2D eigenvalue weighted by atomic mass is 10.1. The summed E-state index contributed by atoms with van der Waals surface area (Å²) in [6.45, 7) is 7.91. The highest BCUT2D eigenvalue weighted by atomic mass is 16.4. The van der Waals surface area contributed by atoms with Crippen LogP contribution in [0.1, 0.15) is 13.8 Å². The first-order chi connectivity index (χ1) is 13.7. The summed E-state index contributed by atoms with van der Waals surface area (Å²) in [4.78, 5) is 53.1. The topological polar surface area (TPSA) is 122 Å². The van der Waals surface area contributed by atoms with E-state index in [0.29, 0.717) is 52.4 Å². The largest absolute Gasteiger partial charge is 0.480 e. The Morgan fingerprint density at radius 1 is 0.724 bits per heavy atom.